The first-order chi connectivity index (χ1) is 11.9. The number of aliphatic imine (C=N–C) groups is 1. The predicted octanol–water partition coefficient (Wildman–Crippen LogP) is 3.72. The van der Waals surface area contributed by atoms with Crippen molar-refractivity contribution in [3.05, 3.63) is 0 Å². The van der Waals surface area contributed by atoms with Crippen LogP contribution < -0.4 is 5.32 Å². The molecule has 4 nitrogen and oxygen atoms in total. The average molecular weight is 488 g/mol. The van der Waals surface area contributed by atoms with Gasteiger partial charge < -0.3 is 10.2 Å². The molecule has 3 rings (SSSR count). The molecule has 2 heterocycles. The number of alkyl halides is 3. The van der Waals surface area contributed by atoms with Crippen LogP contribution in [0.3, 0.4) is 0 Å². The molecule has 2 aliphatic heterocycles. The summed E-state index contributed by atoms with van der Waals surface area (Å²) in [5.74, 6) is 1.52. The summed E-state index contributed by atoms with van der Waals surface area (Å²) in [6.07, 6.45) is 4.03. The van der Waals surface area contributed by atoms with E-state index in [0.29, 0.717) is 24.4 Å². The Morgan fingerprint density at radius 3 is 2.35 bits per heavy atom. The summed E-state index contributed by atoms with van der Waals surface area (Å²) in [5.41, 5.74) is 0.558. The van der Waals surface area contributed by atoms with Gasteiger partial charge in [0.25, 0.3) is 0 Å². The molecule has 1 aliphatic carbocycles. The van der Waals surface area contributed by atoms with Crippen LogP contribution in [-0.4, -0.2) is 68.3 Å². The van der Waals surface area contributed by atoms with Gasteiger partial charge in [-0.1, -0.05) is 6.42 Å². The number of hydrogen-bond acceptors (Lipinski definition) is 2. The Morgan fingerprint density at radius 1 is 1.15 bits per heavy atom. The van der Waals surface area contributed by atoms with Crippen LogP contribution in [0.2, 0.25) is 0 Å². The highest BCUT2D eigenvalue weighted by atomic mass is 127. The molecule has 1 N–H and O–H groups in total. The summed E-state index contributed by atoms with van der Waals surface area (Å²) in [4.78, 5) is 8.34. The minimum absolute atomic E-state index is 0. The van der Waals surface area contributed by atoms with E-state index in [2.05, 4.69) is 15.2 Å². The van der Waals surface area contributed by atoms with E-state index in [4.69, 9.17) is 0 Å². The van der Waals surface area contributed by atoms with Crippen LogP contribution in [0, 0.1) is 11.3 Å². The molecule has 3 fully saturated rings. The van der Waals surface area contributed by atoms with Crippen LogP contribution >= 0.6 is 24.0 Å². The van der Waals surface area contributed by atoms with Crippen molar-refractivity contribution in [3.8, 4) is 0 Å². The van der Waals surface area contributed by atoms with Gasteiger partial charge in [-0.2, -0.15) is 13.2 Å². The third-order valence-corrected chi connectivity index (χ3v) is 6.31. The van der Waals surface area contributed by atoms with Crippen molar-refractivity contribution in [2.75, 3.05) is 46.3 Å². The van der Waals surface area contributed by atoms with Crippen molar-refractivity contribution in [3.63, 3.8) is 0 Å². The Labute approximate surface area is 172 Å². The average Bonchev–Trinajstić information content (AvgIpc) is 2.97. The fourth-order valence-electron chi connectivity index (χ4n) is 4.61. The Morgan fingerprint density at radius 2 is 1.85 bits per heavy atom. The van der Waals surface area contributed by atoms with E-state index in [1.807, 2.05) is 7.05 Å². The lowest BCUT2D eigenvalue weighted by molar-refractivity contribution is -0.148. The van der Waals surface area contributed by atoms with Crippen molar-refractivity contribution in [2.24, 2.45) is 16.3 Å². The van der Waals surface area contributed by atoms with Gasteiger partial charge in [0, 0.05) is 26.7 Å². The van der Waals surface area contributed by atoms with Gasteiger partial charge >= 0.3 is 6.18 Å². The summed E-state index contributed by atoms with van der Waals surface area (Å²) >= 11 is 0. The molecule has 0 radical (unpaired) electrons. The number of rotatable bonds is 4. The first-order valence-electron chi connectivity index (χ1n) is 9.64. The quantitative estimate of drug-likeness (QED) is 0.372. The molecule has 8 heteroatoms. The minimum atomic E-state index is -4.07. The van der Waals surface area contributed by atoms with Crippen LogP contribution in [0.1, 0.15) is 44.9 Å². The van der Waals surface area contributed by atoms with Crippen LogP contribution in [-0.2, 0) is 0 Å². The van der Waals surface area contributed by atoms with Crippen LogP contribution in [0.25, 0.3) is 0 Å². The number of halogens is 4. The molecule has 0 atom stereocenters. The third kappa shape index (κ3) is 5.87. The van der Waals surface area contributed by atoms with Crippen molar-refractivity contribution >= 4 is 29.9 Å². The van der Waals surface area contributed by atoms with Crippen molar-refractivity contribution < 1.29 is 13.2 Å². The number of nitrogens with one attached hydrogen (secondary N) is 1. The zero-order chi connectivity index (χ0) is 17.9. The SMILES string of the molecule is CN=C(NCCC1CCN(CC(F)(F)F)CC1)N1CCC2(CCC2)C1.I. The molecule has 1 spiro atoms. The summed E-state index contributed by atoms with van der Waals surface area (Å²) in [6, 6.07) is 0. The Kier molecular flexibility index (Phi) is 7.88. The van der Waals surface area contributed by atoms with Crippen molar-refractivity contribution in [2.45, 2.75) is 51.1 Å². The second kappa shape index (κ2) is 9.30. The Balaban J connectivity index is 0.00000243. The Hall–Kier alpha value is -0.250. The molecule has 0 aromatic carbocycles. The number of likely N-dealkylation sites (tertiary alicyclic amines) is 2. The second-order valence-electron chi connectivity index (χ2n) is 8.12. The maximum absolute atomic E-state index is 12.4. The van der Waals surface area contributed by atoms with E-state index in [1.54, 1.807) is 0 Å². The predicted molar refractivity (Wildman–Crippen MR) is 109 cm³/mol. The molecule has 0 aromatic rings. The van der Waals surface area contributed by atoms with Gasteiger partial charge in [-0.15, -0.1) is 24.0 Å². The fourth-order valence-corrected chi connectivity index (χ4v) is 4.61. The van der Waals surface area contributed by atoms with E-state index in [1.165, 1.54) is 30.6 Å². The first-order valence-corrected chi connectivity index (χ1v) is 9.64. The molecular formula is C18H32F3IN4. The van der Waals surface area contributed by atoms with E-state index >= 15 is 0 Å². The standard InChI is InChI=1S/C18H31F3N4.HI/c1-22-16(25-12-8-17(13-25)6-2-7-17)23-9-3-15-4-10-24(11-5-15)14-18(19,20)21;/h15H,2-14H2,1H3,(H,22,23);1H. The fraction of sp³-hybridized carbons (Fsp3) is 0.944. The highest BCUT2D eigenvalue weighted by Crippen LogP contribution is 2.47. The van der Waals surface area contributed by atoms with E-state index < -0.39 is 12.7 Å². The normalized spacial score (nSPS) is 24.5. The number of hydrogen-bond donors (Lipinski definition) is 1. The third-order valence-electron chi connectivity index (χ3n) is 6.31. The second-order valence-corrected chi connectivity index (χ2v) is 8.12. The molecular weight excluding hydrogens is 456 g/mol. The van der Waals surface area contributed by atoms with E-state index in [9.17, 15) is 13.2 Å². The van der Waals surface area contributed by atoms with Gasteiger partial charge in [0.15, 0.2) is 5.96 Å². The van der Waals surface area contributed by atoms with Gasteiger partial charge in [-0.25, -0.2) is 0 Å². The summed E-state index contributed by atoms with van der Waals surface area (Å²) in [6.45, 7) is 3.44. The van der Waals surface area contributed by atoms with Crippen LogP contribution in [0.5, 0.6) is 0 Å². The minimum Gasteiger partial charge on any atom is -0.356 e. The maximum atomic E-state index is 12.4. The molecule has 0 amide bonds. The molecule has 2 saturated heterocycles. The molecule has 0 aromatic heterocycles. The van der Waals surface area contributed by atoms with Crippen molar-refractivity contribution in [1.29, 1.82) is 0 Å². The van der Waals surface area contributed by atoms with Crippen LogP contribution in [0.4, 0.5) is 13.2 Å². The summed E-state index contributed by atoms with van der Waals surface area (Å²) in [5, 5.41) is 3.48. The van der Waals surface area contributed by atoms with Gasteiger partial charge in [0.1, 0.15) is 0 Å². The smallest absolute Gasteiger partial charge is 0.356 e. The number of guanidine groups is 1. The molecule has 3 aliphatic rings. The lowest BCUT2D eigenvalue weighted by Crippen LogP contribution is -2.43. The lowest BCUT2D eigenvalue weighted by Gasteiger charge is -2.38. The van der Waals surface area contributed by atoms with Crippen LogP contribution in [0.15, 0.2) is 4.99 Å². The Bertz CT molecular complexity index is 472. The van der Waals surface area contributed by atoms with Crippen molar-refractivity contribution in [1.82, 2.24) is 15.1 Å². The zero-order valence-electron chi connectivity index (χ0n) is 15.7. The van der Waals surface area contributed by atoms with Gasteiger partial charge in [0.2, 0.25) is 0 Å². The molecule has 152 valence electrons. The van der Waals surface area contributed by atoms with E-state index in [-0.39, 0.29) is 24.0 Å². The first kappa shape index (κ1) is 22.0. The lowest BCUT2D eigenvalue weighted by atomic mass is 9.68. The van der Waals surface area contributed by atoms with Gasteiger partial charge in [0.05, 0.1) is 6.54 Å². The largest absolute Gasteiger partial charge is 0.401 e. The number of nitrogens with zero attached hydrogens (tertiary/aromatic N) is 3. The van der Waals surface area contributed by atoms with Gasteiger partial charge in [-0.3, -0.25) is 9.89 Å². The summed E-state index contributed by atoms with van der Waals surface area (Å²) < 4.78 is 37.3. The highest BCUT2D eigenvalue weighted by Gasteiger charge is 2.43. The molecule has 0 bridgehead atoms. The van der Waals surface area contributed by atoms with E-state index in [0.717, 1.165) is 44.9 Å². The summed E-state index contributed by atoms with van der Waals surface area (Å²) in [7, 11) is 1.84. The number of piperidine rings is 1. The molecule has 0 unspecified atom stereocenters. The van der Waals surface area contributed by atoms with Gasteiger partial charge in [-0.05, 0) is 62.9 Å². The molecule has 26 heavy (non-hydrogen) atoms. The molecule has 1 saturated carbocycles. The topological polar surface area (TPSA) is 30.9 Å². The monoisotopic (exact) mass is 488 g/mol. The maximum Gasteiger partial charge on any atom is 0.401 e. The highest BCUT2D eigenvalue weighted by molar-refractivity contribution is 14.0. The zero-order valence-corrected chi connectivity index (χ0v) is 18.0.